The Morgan fingerprint density at radius 1 is 0.917 bits per heavy atom. The van der Waals surface area contributed by atoms with Crippen LogP contribution in [0.25, 0.3) is 10.8 Å². The quantitative estimate of drug-likeness (QED) is 0.898. The Morgan fingerprint density at radius 3 is 2.12 bits per heavy atom. The minimum Gasteiger partial charge on any atom is -0.496 e. The second kappa shape index (κ2) is 6.12. The molecule has 1 heterocycles. The summed E-state index contributed by atoms with van der Waals surface area (Å²) in [5, 5.41) is 22.1. The highest BCUT2D eigenvalue weighted by Crippen LogP contribution is 2.53. The number of hydrogen-bond donors (Lipinski definition) is 2. The van der Waals surface area contributed by atoms with Gasteiger partial charge in [0, 0.05) is 16.5 Å². The van der Waals surface area contributed by atoms with Crippen molar-refractivity contribution in [2.45, 2.75) is 32.3 Å². The van der Waals surface area contributed by atoms with Gasteiger partial charge in [0.2, 0.25) is 0 Å². The number of hydrogen-bond acceptors (Lipinski definition) is 6. The molecule has 130 valence electrons. The lowest BCUT2D eigenvalue weighted by molar-refractivity contribution is -0.200. The predicted octanol–water partition coefficient (Wildman–Crippen LogP) is 2.62. The van der Waals surface area contributed by atoms with Gasteiger partial charge in [-0.1, -0.05) is 6.07 Å². The Morgan fingerprint density at radius 2 is 1.54 bits per heavy atom. The minimum atomic E-state index is -1.33. The summed E-state index contributed by atoms with van der Waals surface area (Å²) in [5.41, 5.74) is 2.13. The number of aliphatic hydroxyl groups is 2. The van der Waals surface area contributed by atoms with Crippen LogP contribution in [0.2, 0.25) is 0 Å². The van der Waals surface area contributed by atoms with E-state index in [1.54, 1.807) is 21.1 Å². The van der Waals surface area contributed by atoms with Gasteiger partial charge in [0.15, 0.2) is 6.29 Å². The van der Waals surface area contributed by atoms with Crippen molar-refractivity contribution in [2.24, 2.45) is 0 Å². The number of aliphatic hydroxyl groups excluding tert-OH is 2. The summed E-state index contributed by atoms with van der Waals surface area (Å²) in [6, 6.07) is 3.78. The van der Waals surface area contributed by atoms with Gasteiger partial charge >= 0.3 is 0 Å². The molecule has 0 fully saturated rings. The lowest BCUT2D eigenvalue weighted by Crippen LogP contribution is -2.30. The SMILES string of the molecule is COc1ccc(C)c2c(OC)c3c(c(OC)c12)[C@H](O)[C@H](O)O[C@H]3C. The van der Waals surface area contributed by atoms with E-state index in [0.29, 0.717) is 33.8 Å². The Bertz CT molecular complexity index is 785. The van der Waals surface area contributed by atoms with E-state index >= 15 is 0 Å². The zero-order chi connectivity index (χ0) is 17.6. The van der Waals surface area contributed by atoms with Crippen molar-refractivity contribution >= 4 is 10.8 Å². The molecule has 0 radical (unpaired) electrons. The fourth-order valence-corrected chi connectivity index (χ4v) is 3.51. The minimum absolute atomic E-state index is 0.461. The van der Waals surface area contributed by atoms with Crippen molar-refractivity contribution in [3.8, 4) is 17.2 Å². The molecular weight excluding hydrogens is 312 g/mol. The van der Waals surface area contributed by atoms with Crippen LogP contribution in [0.3, 0.4) is 0 Å². The van der Waals surface area contributed by atoms with Crippen LogP contribution < -0.4 is 14.2 Å². The van der Waals surface area contributed by atoms with Crippen molar-refractivity contribution in [3.05, 3.63) is 28.8 Å². The number of ether oxygens (including phenoxy) is 4. The first-order valence-corrected chi connectivity index (χ1v) is 7.72. The average molecular weight is 334 g/mol. The molecule has 6 heteroatoms. The smallest absolute Gasteiger partial charge is 0.185 e. The number of benzene rings is 2. The second-order valence-corrected chi connectivity index (χ2v) is 5.84. The van der Waals surface area contributed by atoms with Gasteiger partial charge < -0.3 is 29.2 Å². The first kappa shape index (κ1) is 16.8. The van der Waals surface area contributed by atoms with Gasteiger partial charge in [-0.3, -0.25) is 0 Å². The maximum Gasteiger partial charge on any atom is 0.185 e. The molecule has 6 nitrogen and oxygen atoms in total. The highest BCUT2D eigenvalue weighted by Gasteiger charge is 2.39. The van der Waals surface area contributed by atoms with Crippen LogP contribution in [-0.4, -0.2) is 37.8 Å². The van der Waals surface area contributed by atoms with Crippen LogP contribution in [0, 0.1) is 6.92 Å². The molecule has 0 aliphatic carbocycles. The Hall–Kier alpha value is -2.02. The Labute approximate surface area is 140 Å². The third-order valence-electron chi connectivity index (χ3n) is 4.55. The lowest BCUT2D eigenvalue weighted by atomic mass is 9.88. The van der Waals surface area contributed by atoms with Crippen LogP contribution in [0.4, 0.5) is 0 Å². The van der Waals surface area contributed by atoms with Gasteiger partial charge in [0.25, 0.3) is 0 Å². The first-order valence-electron chi connectivity index (χ1n) is 7.72. The number of methoxy groups -OCH3 is 3. The molecule has 0 unspecified atom stereocenters. The topological polar surface area (TPSA) is 77.4 Å². The fraction of sp³-hybridized carbons (Fsp3) is 0.444. The largest absolute Gasteiger partial charge is 0.496 e. The predicted molar refractivity (Wildman–Crippen MR) is 88.8 cm³/mol. The normalized spacial score (nSPS) is 23.0. The van der Waals surface area contributed by atoms with E-state index in [9.17, 15) is 10.2 Å². The van der Waals surface area contributed by atoms with Crippen molar-refractivity contribution in [3.63, 3.8) is 0 Å². The zero-order valence-corrected chi connectivity index (χ0v) is 14.4. The molecule has 2 aromatic carbocycles. The molecule has 0 saturated heterocycles. The Kier molecular flexibility index (Phi) is 4.29. The third kappa shape index (κ3) is 2.22. The van der Waals surface area contributed by atoms with Gasteiger partial charge in [-0.2, -0.15) is 0 Å². The van der Waals surface area contributed by atoms with Gasteiger partial charge in [-0.25, -0.2) is 0 Å². The maximum absolute atomic E-state index is 10.5. The molecule has 3 rings (SSSR count). The molecule has 0 amide bonds. The van der Waals surface area contributed by atoms with Crippen LogP contribution in [0.1, 0.15) is 35.8 Å². The molecule has 24 heavy (non-hydrogen) atoms. The fourth-order valence-electron chi connectivity index (χ4n) is 3.51. The molecule has 3 atom stereocenters. The summed E-state index contributed by atoms with van der Waals surface area (Å²) < 4.78 is 22.2. The van der Waals surface area contributed by atoms with E-state index in [4.69, 9.17) is 18.9 Å². The summed E-state index contributed by atoms with van der Waals surface area (Å²) >= 11 is 0. The van der Waals surface area contributed by atoms with Gasteiger partial charge in [0.1, 0.15) is 23.4 Å². The molecule has 0 aromatic heterocycles. The summed E-state index contributed by atoms with van der Waals surface area (Å²) in [6.07, 6.45) is -3.04. The van der Waals surface area contributed by atoms with Crippen LogP contribution in [0.15, 0.2) is 12.1 Å². The molecule has 1 aliphatic rings. The van der Waals surface area contributed by atoms with E-state index < -0.39 is 18.5 Å². The van der Waals surface area contributed by atoms with Crippen LogP contribution in [-0.2, 0) is 4.74 Å². The molecule has 0 spiro atoms. The standard InChI is InChI=1S/C18H22O6/c1-8-6-7-10(21-3)13-11(8)16(22-4)12-9(2)24-18(20)15(19)14(12)17(13)23-5/h6-7,9,15,18-20H,1-5H3/t9-,15-,18+/m0/s1. The highest BCUT2D eigenvalue weighted by atomic mass is 16.6. The van der Waals surface area contributed by atoms with Crippen LogP contribution in [0.5, 0.6) is 17.2 Å². The third-order valence-corrected chi connectivity index (χ3v) is 4.55. The van der Waals surface area contributed by atoms with Crippen molar-refractivity contribution in [1.82, 2.24) is 0 Å². The molecule has 1 aliphatic heterocycles. The van der Waals surface area contributed by atoms with Gasteiger partial charge in [-0.15, -0.1) is 0 Å². The van der Waals surface area contributed by atoms with E-state index in [1.165, 1.54) is 7.11 Å². The highest BCUT2D eigenvalue weighted by molar-refractivity contribution is 6.02. The lowest BCUT2D eigenvalue weighted by Gasteiger charge is -2.34. The molecule has 0 saturated carbocycles. The second-order valence-electron chi connectivity index (χ2n) is 5.84. The number of aryl methyl sites for hydroxylation is 1. The summed E-state index contributed by atoms with van der Waals surface area (Å²) in [4.78, 5) is 0. The zero-order valence-electron chi connectivity index (χ0n) is 14.4. The number of rotatable bonds is 3. The molecule has 0 bridgehead atoms. The van der Waals surface area contributed by atoms with E-state index in [1.807, 2.05) is 19.1 Å². The monoisotopic (exact) mass is 334 g/mol. The van der Waals surface area contributed by atoms with E-state index in [2.05, 4.69) is 0 Å². The number of fused-ring (bicyclic) bond motifs is 2. The summed E-state index contributed by atoms with van der Waals surface area (Å²) in [7, 11) is 4.68. The van der Waals surface area contributed by atoms with Gasteiger partial charge in [0.05, 0.1) is 32.8 Å². The Balaban J connectivity index is 2.57. The van der Waals surface area contributed by atoms with E-state index in [0.717, 1.165) is 10.9 Å². The van der Waals surface area contributed by atoms with Crippen LogP contribution >= 0.6 is 0 Å². The van der Waals surface area contributed by atoms with E-state index in [-0.39, 0.29) is 0 Å². The average Bonchev–Trinajstić information content (AvgIpc) is 2.58. The first-order chi connectivity index (χ1) is 11.5. The maximum atomic E-state index is 10.5. The van der Waals surface area contributed by atoms with Crippen molar-refractivity contribution < 1.29 is 29.2 Å². The van der Waals surface area contributed by atoms with Crippen molar-refractivity contribution in [2.75, 3.05) is 21.3 Å². The molecular formula is C18H22O6. The van der Waals surface area contributed by atoms with Crippen molar-refractivity contribution in [1.29, 1.82) is 0 Å². The molecule has 2 aromatic rings. The summed E-state index contributed by atoms with van der Waals surface area (Å²) in [6.45, 7) is 3.77. The van der Waals surface area contributed by atoms with Gasteiger partial charge in [-0.05, 0) is 25.5 Å². The molecule has 2 N–H and O–H groups in total. The summed E-state index contributed by atoms with van der Waals surface area (Å²) in [5.74, 6) is 1.66.